The van der Waals surface area contributed by atoms with Gasteiger partial charge in [-0.1, -0.05) is 11.6 Å². The number of nitrogens with zero attached hydrogens (tertiary/aromatic N) is 7. The normalized spacial score (nSPS) is 26.1. The number of rotatable bonds is 9. The molecule has 2 saturated carbocycles. The summed E-state index contributed by atoms with van der Waals surface area (Å²) in [7, 11) is 0. The van der Waals surface area contributed by atoms with E-state index in [1.807, 2.05) is 6.07 Å². The molecule has 2 aliphatic carbocycles. The maximum Gasteiger partial charge on any atom is 0.271 e. The van der Waals surface area contributed by atoms with Crippen LogP contribution < -0.4 is 25.2 Å². The third-order valence-electron chi connectivity index (χ3n) is 13.2. The van der Waals surface area contributed by atoms with Gasteiger partial charge in [0.2, 0.25) is 11.8 Å². The topological polar surface area (TPSA) is 181 Å². The summed E-state index contributed by atoms with van der Waals surface area (Å²) < 4.78 is 6.19. The Morgan fingerprint density at radius 2 is 1.61 bits per heavy atom. The minimum absolute atomic E-state index is 0.0891. The Bertz CT molecular complexity index is 2200. The number of nitriles is 1. The SMILES string of the molecule is N#Cc1ccc(O[C@H]2C[C@H]3C[C@@H](NC(=O)c4cnc(N5CCC(CN6CCN(c7ccc8c(c7)C(=O)N(C7CCC(=O)NC7=O)C8=O)CC6)CC5)cn4)C[C@H]3C2)cc1Cl. The minimum Gasteiger partial charge on any atom is -0.490 e. The van der Waals surface area contributed by atoms with Crippen molar-refractivity contribution in [2.45, 2.75) is 69.6 Å². The molecular weight excluding hydrogens is 774 g/mol. The molecule has 1 aromatic heterocycles. The van der Waals surface area contributed by atoms with Gasteiger partial charge in [0, 0.05) is 70.0 Å². The Hall–Kier alpha value is -5.59. The summed E-state index contributed by atoms with van der Waals surface area (Å²) in [6.45, 7) is 6.10. The quantitative estimate of drug-likeness (QED) is 0.299. The number of hydrogen-bond acceptors (Lipinski definition) is 12. The number of piperazine rings is 1. The molecule has 4 aliphatic heterocycles. The smallest absolute Gasteiger partial charge is 0.271 e. The van der Waals surface area contributed by atoms with Gasteiger partial charge < -0.3 is 19.9 Å². The fourth-order valence-electron chi connectivity index (χ4n) is 10.0. The summed E-state index contributed by atoms with van der Waals surface area (Å²) in [4.78, 5) is 80.7. The molecule has 16 heteroatoms. The van der Waals surface area contributed by atoms with Gasteiger partial charge in [-0.25, -0.2) is 9.97 Å². The average Bonchev–Trinajstić information content (AvgIpc) is 3.87. The van der Waals surface area contributed by atoms with Crippen LogP contribution in [-0.2, 0) is 9.59 Å². The first kappa shape index (κ1) is 38.9. The van der Waals surface area contributed by atoms with Crippen molar-refractivity contribution in [2.24, 2.45) is 17.8 Å². The molecule has 5 amide bonds. The number of piperidine rings is 2. The summed E-state index contributed by atoms with van der Waals surface area (Å²) >= 11 is 6.18. The Morgan fingerprint density at radius 3 is 2.29 bits per heavy atom. The number of carbonyl (C=O) groups excluding carboxylic acids is 5. The van der Waals surface area contributed by atoms with Crippen LogP contribution >= 0.6 is 11.6 Å². The van der Waals surface area contributed by atoms with Crippen LogP contribution in [0.15, 0.2) is 48.8 Å². The molecule has 6 aliphatic rings. The van der Waals surface area contributed by atoms with Crippen LogP contribution in [0.3, 0.4) is 0 Å². The van der Waals surface area contributed by atoms with Crippen molar-refractivity contribution in [2.75, 3.05) is 55.6 Å². The molecule has 5 fully saturated rings. The van der Waals surface area contributed by atoms with E-state index in [2.05, 4.69) is 41.4 Å². The van der Waals surface area contributed by atoms with E-state index in [0.717, 1.165) is 101 Å². The first-order chi connectivity index (χ1) is 28.6. The number of aromatic nitrogens is 2. The van der Waals surface area contributed by atoms with E-state index in [-0.39, 0.29) is 30.9 Å². The molecule has 0 radical (unpaired) electrons. The molecule has 0 bridgehead atoms. The van der Waals surface area contributed by atoms with E-state index in [1.165, 1.54) is 0 Å². The van der Waals surface area contributed by atoms with Crippen LogP contribution in [0.5, 0.6) is 5.75 Å². The lowest BCUT2D eigenvalue weighted by Crippen LogP contribution is -2.54. The highest BCUT2D eigenvalue weighted by atomic mass is 35.5. The van der Waals surface area contributed by atoms with Gasteiger partial charge >= 0.3 is 0 Å². The number of fused-ring (bicyclic) bond motifs is 2. The lowest BCUT2D eigenvalue weighted by molar-refractivity contribution is -0.136. The third-order valence-corrected chi connectivity index (χ3v) is 13.5. The predicted octanol–water partition coefficient (Wildman–Crippen LogP) is 3.81. The summed E-state index contributed by atoms with van der Waals surface area (Å²) in [5.41, 5.74) is 2.23. The number of ether oxygens (including phenoxy) is 1. The number of hydrogen-bond donors (Lipinski definition) is 2. The molecular formula is C43H46ClN9O6. The van der Waals surface area contributed by atoms with Crippen LogP contribution in [0.1, 0.15) is 88.1 Å². The maximum absolute atomic E-state index is 13.3. The summed E-state index contributed by atoms with van der Waals surface area (Å²) in [6.07, 6.45) is 9.37. The Labute approximate surface area is 347 Å². The van der Waals surface area contributed by atoms with Crippen molar-refractivity contribution in [3.05, 3.63) is 76.2 Å². The number of imide groups is 2. The molecule has 1 unspecified atom stereocenters. The van der Waals surface area contributed by atoms with Crippen LogP contribution in [0.2, 0.25) is 5.02 Å². The Balaban J connectivity index is 0.695. The Morgan fingerprint density at radius 1 is 0.864 bits per heavy atom. The zero-order valence-electron chi connectivity index (χ0n) is 32.6. The molecule has 5 heterocycles. The van der Waals surface area contributed by atoms with Gasteiger partial charge in [-0.05, 0) is 93.0 Å². The lowest BCUT2D eigenvalue weighted by atomic mass is 9.96. The van der Waals surface area contributed by atoms with Crippen molar-refractivity contribution < 1.29 is 28.7 Å². The molecule has 3 saturated heterocycles. The Kier molecular flexibility index (Phi) is 10.7. The zero-order chi connectivity index (χ0) is 40.8. The van der Waals surface area contributed by atoms with Crippen molar-refractivity contribution in [1.29, 1.82) is 5.26 Å². The zero-order valence-corrected chi connectivity index (χ0v) is 33.4. The van der Waals surface area contributed by atoms with Crippen LogP contribution in [-0.4, -0.2) is 113 Å². The van der Waals surface area contributed by atoms with Crippen LogP contribution in [0.4, 0.5) is 11.5 Å². The molecule has 2 N–H and O–H groups in total. The second-order valence-electron chi connectivity index (χ2n) is 16.8. The van der Waals surface area contributed by atoms with Gasteiger partial charge in [0.1, 0.15) is 29.4 Å². The number of anilines is 2. The summed E-state index contributed by atoms with van der Waals surface area (Å²) in [5.74, 6) is 0.819. The fraction of sp³-hybridized carbons (Fsp3) is 0.488. The van der Waals surface area contributed by atoms with Gasteiger partial charge in [0.15, 0.2) is 0 Å². The molecule has 2 aromatic carbocycles. The standard InChI is InChI=1S/C43H46ClN9O6/c44-35-20-31(3-1-26(35)21-45)59-32-17-27-15-29(16-28(27)18-32)48-40(55)36-22-47-38(23-46-36)52-9-7-25(8-10-52)24-50-11-13-51(14-12-50)30-2-4-33-34(19-30)43(58)53(42(33)57)37-5-6-39(54)49-41(37)56/h1-4,19-20,22-23,25,27-29,32,37H,5-18,24H2,(H,48,55)(H,49,54,56)/t27-,28+,29-,32+,37?. The number of nitrogens with one attached hydrogen (secondary N) is 2. The molecule has 15 nitrogen and oxygen atoms in total. The minimum atomic E-state index is -0.976. The van der Waals surface area contributed by atoms with Crippen LogP contribution in [0, 0.1) is 29.1 Å². The van der Waals surface area contributed by atoms with E-state index in [9.17, 15) is 24.0 Å². The average molecular weight is 820 g/mol. The van der Waals surface area contributed by atoms with E-state index in [4.69, 9.17) is 21.6 Å². The first-order valence-electron chi connectivity index (χ1n) is 20.7. The molecule has 9 rings (SSSR count). The second kappa shape index (κ2) is 16.2. The van der Waals surface area contributed by atoms with Gasteiger partial charge in [-0.2, -0.15) is 5.26 Å². The molecule has 59 heavy (non-hydrogen) atoms. The highest BCUT2D eigenvalue weighted by Crippen LogP contribution is 2.45. The van der Waals surface area contributed by atoms with Gasteiger partial charge in [0.25, 0.3) is 17.7 Å². The fourth-order valence-corrected chi connectivity index (χ4v) is 10.3. The number of carbonyl (C=O) groups is 5. The highest BCUT2D eigenvalue weighted by Gasteiger charge is 2.45. The highest BCUT2D eigenvalue weighted by molar-refractivity contribution is 6.31. The van der Waals surface area contributed by atoms with Crippen molar-refractivity contribution >= 4 is 52.6 Å². The largest absolute Gasteiger partial charge is 0.490 e. The van der Waals surface area contributed by atoms with Gasteiger partial charge in [-0.3, -0.25) is 39.1 Å². The van der Waals surface area contributed by atoms with E-state index >= 15 is 0 Å². The number of halogens is 1. The number of amides is 5. The van der Waals surface area contributed by atoms with Gasteiger partial charge in [-0.15, -0.1) is 0 Å². The van der Waals surface area contributed by atoms with E-state index in [0.29, 0.717) is 50.9 Å². The third kappa shape index (κ3) is 7.95. The number of benzene rings is 2. The molecule has 5 atom stereocenters. The van der Waals surface area contributed by atoms with E-state index in [1.54, 1.807) is 42.7 Å². The van der Waals surface area contributed by atoms with Crippen molar-refractivity contribution in [1.82, 2.24) is 30.4 Å². The van der Waals surface area contributed by atoms with Crippen molar-refractivity contribution in [3.8, 4) is 11.8 Å². The molecule has 0 spiro atoms. The maximum atomic E-state index is 13.3. The van der Waals surface area contributed by atoms with Crippen LogP contribution in [0.25, 0.3) is 0 Å². The van der Waals surface area contributed by atoms with Gasteiger partial charge in [0.05, 0.1) is 40.2 Å². The molecule has 306 valence electrons. The first-order valence-corrected chi connectivity index (χ1v) is 21.0. The summed E-state index contributed by atoms with van der Waals surface area (Å²) in [5, 5.41) is 15.0. The molecule has 3 aromatic rings. The second-order valence-corrected chi connectivity index (χ2v) is 17.2. The van der Waals surface area contributed by atoms with Crippen molar-refractivity contribution in [3.63, 3.8) is 0 Å². The lowest BCUT2D eigenvalue weighted by Gasteiger charge is -2.39. The summed E-state index contributed by atoms with van der Waals surface area (Å²) in [6, 6.07) is 11.7. The van der Waals surface area contributed by atoms with E-state index < -0.39 is 29.7 Å². The monoisotopic (exact) mass is 819 g/mol. The predicted molar refractivity (Wildman–Crippen MR) is 216 cm³/mol.